The Morgan fingerprint density at radius 2 is 1.95 bits per heavy atom. The molecule has 114 valence electrons. The van der Waals surface area contributed by atoms with Crippen molar-refractivity contribution >= 4 is 12.0 Å². The van der Waals surface area contributed by atoms with E-state index in [-0.39, 0.29) is 18.6 Å². The lowest BCUT2D eigenvalue weighted by Gasteiger charge is -2.22. The molecule has 2 rings (SSSR count). The van der Waals surface area contributed by atoms with Gasteiger partial charge in [-0.05, 0) is 37.5 Å². The van der Waals surface area contributed by atoms with E-state index in [9.17, 15) is 9.59 Å². The summed E-state index contributed by atoms with van der Waals surface area (Å²) in [7, 11) is 1.58. The number of pyridine rings is 1. The average molecular weight is 291 g/mol. The van der Waals surface area contributed by atoms with Crippen molar-refractivity contribution in [2.24, 2.45) is 0 Å². The van der Waals surface area contributed by atoms with E-state index in [1.807, 2.05) is 0 Å². The number of rotatable bonds is 4. The monoisotopic (exact) mass is 291 g/mol. The molecule has 21 heavy (non-hydrogen) atoms. The van der Waals surface area contributed by atoms with Crippen molar-refractivity contribution in [3.05, 3.63) is 30.1 Å². The van der Waals surface area contributed by atoms with Gasteiger partial charge >= 0.3 is 6.09 Å². The zero-order valence-electron chi connectivity index (χ0n) is 12.5. The summed E-state index contributed by atoms with van der Waals surface area (Å²) in [4.78, 5) is 31.0. The molecule has 0 bridgehead atoms. The second-order valence-electron chi connectivity index (χ2n) is 5.25. The molecule has 6 nitrogen and oxygen atoms in total. The Labute approximate surface area is 124 Å². The lowest BCUT2D eigenvalue weighted by molar-refractivity contribution is -0.130. The van der Waals surface area contributed by atoms with E-state index in [4.69, 9.17) is 4.74 Å². The van der Waals surface area contributed by atoms with Gasteiger partial charge in [0.2, 0.25) is 5.91 Å². The van der Waals surface area contributed by atoms with E-state index in [0.29, 0.717) is 0 Å². The molecular formula is C15H21N3O3. The number of aromatic nitrogens is 1. The highest BCUT2D eigenvalue weighted by atomic mass is 16.6. The van der Waals surface area contributed by atoms with Crippen molar-refractivity contribution in [3.8, 4) is 0 Å². The Kier molecular flexibility index (Phi) is 5.14. The van der Waals surface area contributed by atoms with Crippen LogP contribution in [0.25, 0.3) is 0 Å². The molecule has 0 N–H and O–H groups in total. The number of carbonyl (C=O) groups excluding carboxylic acids is 2. The lowest BCUT2D eigenvalue weighted by atomic mass is 10.2. The zero-order chi connectivity index (χ0) is 15.2. The zero-order valence-corrected chi connectivity index (χ0v) is 12.5. The summed E-state index contributed by atoms with van der Waals surface area (Å²) in [6, 6.07) is 3.60. The Balaban J connectivity index is 1.83. The summed E-state index contributed by atoms with van der Waals surface area (Å²) >= 11 is 0. The van der Waals surface area contributed by atoms with Crippen LogP contribution in [-0.2, 0) is 9.53 Å². The predicted molar refractivity (Wildman–Crippen MR) is 77.6 cm³/mol. The molecule has 1 aromatic rings. The van der Waals surface area contributed by atoms with Crippen LogP contribution in [0, 0.1) is 0 Å². The molecule has 0 aromatic carbocycles. The van der Waals surface area contributed by atoms with Crippen LogP contribution in [0.5, 0.6) is 0 Å². The molecule has 0 unspecified atom stereocenters. The topological polar surface area (TPSA) is 62.7 Å². The molecule has 0 aliphatic carbocycles. The van der Waals surface area contributed by atoms with E-state index >= 15 is 0 Å². The van der Waals surface area contributed by atoms with Crippen molar-refractivity contribution in [2.75, 3.05) is 26.7 Å². The van der Waals surface area contributed by atoms with Gasteiger partial charge in [0.05, 0.1) is 0 Å². The molecule has 2 heterocycles. The van der Waals surface area contributed by atoms with Crippen molar-refractivity contribution in [3.63, 3.8) is 0 Å². The molecule has 0 radical (unpaired) electrons. The highest BCUT2D eigenvalue weighted by Crippen LogP contribution is 2.16. The number of carbonyl (C=O) groups is 2. The minimum Gasteiger partial charge on any atom is -0.442 e. The molecule has 1 aliphatic heterocycles. The Hall–Kier alpha value is -2.11. The molecule has 1 aromatic heterocycles. The van der Waals surface area contributed by atoms with Gasteiger partial charge in [0.25, 0.3) is 0 Å². The number of likely N-dealkylation sites (N-methyl/N-ethyl adjacent to an activating group) is 1. The molecule has 1 fully saturated rings. The van der Waals surface area contributed by atoms with E-state index in [1.165, 1.54) is 4.90 Å². The summed E-state index contributed by atoms with van der Waals surface area (Å²) < 4.78 is 5.35. The maximum Gasteiger partial charge on any atom is 0.410 e. The fourth-order valence-electron chi connectivity index (χ4n) is 2.28. The summed E-state index contributed by atoms with van der Waals surface area (Å²) in [6.45, 7) is 3.43. The first-order valence-corrected chi connectivity index (χ1v) is 7.17. The van der Waals surface area contributed by atoms with Crippen LogP contribution >= 0.6 is 0 Å². The van der Waals surface area contributed by atoms with E-state index in [2.05, 4.69) is 4.98 Å². The molecular weight excluding hydrogens is 270 g/mol. The van der Waals surface area contributed by atoms with Crippen LogP contribution in [0.3, 0.4) is 0 Å². The summed E-state index contributed by atoms with van der Waals surface area (Å²) in [5.74, 6) is -0.0245. The lowest BCUT2D eigenvalue weighted by Crippen LogP contribution is -2.40. The number of amides is 2. The van der Waals surface area contributed by atoms with E-state index in [1.54, 1.807) is 43.4 Å². The van der Waals surface area contributed by atoms with Gasteiger partial charge in [0.15, 0.2) is 0 Å². The second-order valence-corrected chi connectivity index (χ2v) is 5.25. The molecule has 1 atom stereocenters. The third kappa shape index (κ3) is 4.18. The Bertz CT molecular complexity index is 486. The smallest absolute Gasteiger partial charge is 0.410 e. The standard InChI is InChI=1S/C15H21N3O3/c1-12(13-5-7-16-8-6-13)21-15(20)17(2)11-14(19)18-9-3-4-10-18/h5-8,12H,3-4,9-11H2,1-2H3/t12-/m1/s1. The summed E-state index contributed by atoms with van der Waals surface area (Å²) in [5, 5.41) is 0. The maximum atomic E-state index is 12.0. The third-order valence-corrected chi connectivity index (χ3v) is 3.60. The van der Waals surface area contributed by atoms with Crippen LogP contribution in [-0.4, -0.2) is 53.5 Å². The largest absolute Gasteiger partial charge is 0.442 e. The fraction of sp³-hybridized carbons (Fsp3) is 0.533. The van der Waals surface area contributed by atoms with Crippen molar-refractivity contribution in [1.29, 1.82) is 0 Å². The Morgan fingerprint density at radius 3 is 2.57 bits per heavy atom. The summed E-state index contributed by atoms with van der Waals surface area (Å²) in [5.41, 5.74) is 0.873. The van der Waals surface area contributed by atoms with Crippen molar-refractivity contribution in [2.45, 2.75) is 25.9 Å². The van der Waals surface area contributed by atoms with E-state index in [0.717, 1.165) is 31.5 Å². The van der Waals surface area contributed by atoms with Gasteiger partial charge in [-0.1, -0.05) is 0 Å². The van der Waals surface area contributed by atoms with Crippen LogP contribution in [0.15, 0.2) is 24.5 Å². The highest BCUT2D eigenvalue weighted by molar-refractivity contribution is 5.82. The number of likely N-dealkylation sites (tertiary alicyclic amines) is 1. The van der Waals surface area contributed by atoms with Gasteiger partial charge in [-0.2, -0.15) is 0 Å². The number of nitrogens with zero attached hydrogens (tertiary/aromatic N) is 3. The van der Waals surface area contributed by atoms with Crippen molar-refractivity contribution < 1.29 is 14.3 Å². The van der Waals surface area contributed by atoms with E-state index < -0.39 is 6.09 Å². The number of hydrogen-bond acceptors (Lipinski definition) is 4. The van der Waals surface area contributed by atoms with Gasteiger partial charge in [0, 0.05) is 32.5 Å². The van der Waals surface area contributed by atoms with Gasteiger partial charge in [-0.15, -0.1) is 0 Å². The predicted octanol–water partition coefficient (Wildman–Crippen LogP) is 1.83. The quantitative estimate of drug-likeness (QED) is 0.849. The molecule has 0 spiro atoms. The fourth-order valence-corrected chi connectivity index (χ4v) is 2.28. The Morgan fingerprint density at radius 1 is 1.33 bits per heavy atom. The average Bonchev–Trinajstić information content (AvgIpc) is 3.02. The van der Waals surface area contributed by atoms with Crippen molar-refractivity contribution in [1.82, 2.24) is 14.8 Å². The molecule has 1 saturated heterocycles. The highest BCUT2D eigenvalue weighted by Gasteiger charge is 2.22. The number of ether oxygens (including phenoxy) is 1. The van der Waals surface area contributed by atoms with Gasteiger partial charge in [-0.25, -0.2) is 4.79 Å². The van der Waals surface area contributed by atoms with Gasteiger partial charge in [-0.3, -0.25) is 9.78 Å². The van der Waals surface area contributed by atoms with Crippen LogP contribution < -0.4 is 0 Å². The number of hydrogen-bond donors (Lipinski definition) is 0. The first-order chi connectivity index (χ1) is 10.1. The van der Waals surface area contributed by atoms with Crippen LogP contribution in [0.4, 0.5) is 4.79 Å². The minimum atomic E-state index is -0.494. The maximum absolute atomic E-state index is 12.0. The van der Waals surface area contributed by atoms with Gasteiger partial charge < -0.3 is 14.5 Å². The second kappa shape index (κ2) is 7.06. The first-order valence-electron chi connectivity index (χ1n) is 7.17. The molecule has 6 heteroatoms. The SMILES string of the molecule is C[C@@H](OC(=O)N(C)CC(=O)N1CCCC1)c1ccncc1. The third-order valence-electron chi connectivity index (χ3n) is 3.60. The molecule has 0 saturated carbocycles. The first kappa shape index (κ1) is 15.3. The normalized spacial score (nSPS) is 15.6. The molecule has 1 aliphatic rings. The minimum absolute atomic E-state index is 0.0245. The van der Waals surface area contributed by atoms with Crippen LogP contribution in [0.1, 0.15) is 31.4 Å². The van der Waals surface area contributed by atoms with Gasteiger partial charge in [0.1, 0.15) is 12.6 Å². The molecule has 2 amide bonds. The summed E-state index contributed by atoms with van der Waals surface area (Å²) in [6.07, 6.45) is 4.52. The van der Waals surface area contributed by atoms with Crippen LogP contribution in [0.2, 0.25) is 0 Å².